The summed E-state index contributed by atoms with van der Waals surface area (Å²) < 4.78 is 0. The highest BCUT2D eigenvalue weighted by Gasteiger charge is 2.09. The van der Waals surface area contributed by atoms with Gasteiger partial charge in [0.25, 0.3) is 0 Å². The maximum atomic E-state index is 5.94. The molecule has 0 fully saturated rings. The third-order valence-corrected chi connectivity index (χ3v) is 2.99. The minimum Gasteiger partial charge on any atom is -0.381 e. The number of hydrogen-bond donors (Lipinski definition) is 2. The molecule has 19 heavy (non-hydrogen) atoms. The van der Waals surface area contributed by atoms with Crippen LogP contribution in [0.4, 0.5) is 11.6 Å². The number of rotatable bonds is 5. The SMILES string of the molecule is CC(CCN(C)C)Nc1nc2ccccc2nc1N. The first-order chi connectivity index (χ1) is 9.06. The summed E-state index contributed by atoms with van der Waals surface area (Å²) in [6.45, 7) is 3.15. The first kappa shape index (κ1) is 13.5. The molecule has 0 saturated carbocycles. The molecule has 0 aliphatic rings. The minimum absolute atomic E-state index is 0.306. The molecule has 2 rings (SSSR count). The highest BCUT2D eigenvalue weighted by atomic mass is 15.1. The van der Waals surface area contributed by atoms with Gasteiger partial charge in [-0.05, 0) is 46.1 Å². The normalized spacial score (nSPS) is 12.8. The average Bonchev–Trinajstić information content (AvgIpc) is 2.37. The molecule has 0 bridgehead atoms. The second kappa shape index (κ2) is 5.84. The topological polar surface area (TPSA) is 67.1 Å². The van der Waals surface area contributed by atoms with E-state index in [1.165, 1.54) is 0 Å². The van der Waals surface area contributed by atoms with Gasteiger partial charge in [0.2, 0.25) is 0 Å². The molecule has 5 nitrogen and oxygen atoms in total. The highest BCUT2D eigenvalue weighted by Crippen LogP contribution is 2.19. The molecule has 0 spiro atoms. The molecule has 0 amide bonds. The van der Waals surface area contributed by atoms with Crippen molar-refractivity contribution < 1.29 is 0 Å². The van der Waals surface area contributed by atoms with Gasteiger partial charge in [-0.25, -0.2) is 9.97 Å². The quantitative estimate of drug-likeness (QED) is 0.859. The van der Waals surface area contributed by atoms with Crippen LogP contribution in [0.2, 0.25) is 0 Å². The predicted molar refractivity (Wildman–Crippen MR) is 80.2 cm³/mol. The van der Waals surface area contributed by atoms with Gasteiger partial charge in [0, 0.05) is 6.04 Å². The molecule has 0 aliphatic carbocycles. The first-order valence-corrected chi connectivity index (χ1v) is 6.50. The van der Waals surface area contributed by atoms with Crippen molar-refractivity contribution in [3.8, 4) is 0 Å². The van der Waals surface area contributed by atoms with E-state index in [0.717, 1.165) is 24.0 Å². The van der Waals surface area contributed by atoms with E-state index in [1.54, 1.807) is 0 Å². The van der Waals surface area contributed by atoms with Gasteiger partial charge in [0.15, 0.2) is 11.6 Å². The second-order valence-electron chi connectivity index (χ2n) is 5.08. The lowest BCUT2D eigenvalue weighted by Gasteiger charge is -2.18. The summed E-state index contributed by atoms with van der Waals surface area (Å²) in [7, 11) is 4.13. The summed E-state index contributed by atoms with van der Waals surface area (Å²) in [4.78, 5) is 11.1. The van der Waals surface area contributed by atoms with Gasteiger partial charge < -0.3 is 16.0 Å². The number of anilines is 2. The van der Waals surface area contributed by atoms with Gasteiger partial charge in [-0.2, -0.15) is 0 Å². The fraction of sp³-hybridized carbons (Fsp3) is 0.429. The van der Waals surface area contributed by atoms with Crippen molar-refractivity contribution in [1.82, 2.24) is 14.9 Å². The number of para-hydroxylation sites is 2. The van der Waals surface area contributed by atoms with Crippen LogP contribution in [-0.2, 0) is 0 Å². The summed E-state index contributed by atoms with van der Waals surface area (Å²) >= 11 is 0. The van der Waals surface area contributed by atoms with Crippen LogP contribution in [0.3, 0.4) is 0 Å². The third-order valence-electron chi connectivity index (χ3n) is 2.99. The number of nitrogens with two attached hydrogens (primary N) is 1. The fourth-order valence-electron chi connectivity index (χ4n) is 1.88. The Kier molecular flexibility index (Phi) is 4.16. The molecule has 0 radical (unpaired) electrons. The number of aromatic nitrogens is 2. The maximum Gasteiger partial charge on any atom is 0.169 e. The molecule has 1 aromatic heterocycles. The van der Waals surface area contributed by atoms with E-state index in [4.69, 9.17) is 5.73 Å². The lowest BCUT2D eigenvalue weighted by molar-refractivity contribution is 0.390. The van der Waals surface area contributed by atoms with Crippen molar-refractivity contribution in [2.75, 3.05) is 31.7 Å². The van der Waals surface area contributed by atoms with E-state index in [0.29, 0.717) is 17.7 Å². The number of benzene rings is 1. The van der Waals surface area contributed by atoms with Gasteiger partial charge >= 0.3 is 0 Å². The minimum atomic E-state index is 0.306. The van der Waals surface area contributed by atoms with Crippen molar-refractivity contribution in [2.45, 2.75) is 19.4 Å². The van der Waals surface area contributed by atoms with Crippen molar-refractivity contribution in [2.24, 2.45) is 0 Å². The zero-order chi connectivity index (χ0) is 13.8. The van der Waals surface area contributed by atoms with Gasteiger partial charge in [-0.15, -0.1) is 0 Å². The van der Waals surface area contributed by atoms with E-state index < -0.39 is 0 Å². The summed E-state index contributed by atoms with van der Waals surface area (Å²) in [6.07, 6.45) is 1.03. The molecule has 3 N–H and O–H groups in total. The Bertz CT molecular complexity index is 553. The highest BCUT2D eigenvalue weighted by molar-refractivity contribution is 5.79. The summed E-state index contributed by atoms with van der Waals surface area (Å²) in [5.74, 6) is 1.13. The van der Waals surface area contributed by atoms with Crippen LogP contribution in [0.5, 0.6) is 0 Å². The van der Waals surface area contributed by atoms with Crippen molar-refractivity contribution in [3.05, 3.63) is 24.3 Å². The van der Waals surface area contributed by atoms with E-state index >= 15 is 0 Å². The lowest BCUT2D eigenvalue weighted by Crippen LogP contribution is -2.24. The Morgan fingerprint density at radius 2 is 1.84 bits per heavy atom. The van der Waals surface area contributed by atoms with E-state index in [2.05, 4.69) is 41.2 Å². The van der Waals surface area contributed by atoms with E-state index in [-0.39, 0.29) is 0 Å². The summed E-state index contributed by atoms with van der Waals surface area (Å²) in [5, 5.41) is 3.33. The third kappa shape index (κ3) is 3.54. The molecule has 0 aliphatic heterocycles. The molecular formula is C14H21N5. The van der Waals surface area contributed by atoms with Crippen LogP contribution in [0.1, 0.15) is 13.3 Å². The van der Waals surface area contributed by atoms with Gasteiger partial charge in [-0.3, -0.25) is 0 Å². The number of nitrogens with one attached hydrogen (secondary N) is 1. The monoisotopic (exact) mass is 259 g/mol. The standard InChI is InChI=1S/C14H21N5/c1-10(8-9-19(2)3)16-14-13(15)17-11-6-4-5-7-12(11)18-14/h4-7,10H,8-9H2,1-3H3,(H2,15,17)(H,16,18). The number of nitrogens with zero attached hydrogens (tertiary/aromatic N) is 3. The fourth-order valence-corrected chi connectivity index (χ4v) is 1.88. The smallest absolute Gasteiger partial charge is 0.169 e. The molecule has 102 valence electrons. The van der Waals surface area contributed by atoms with Crippen molar-refractivity contribution in [1.29, 1.82) is 0 Å². The van der Waals surface area contributed by atoms with Gasteiger partial charge in [0.1, 0.15) is 0 Å². The van der Waals surface area contributed by atoms with Crippen LogP contribution in [-0.4, -0.2) is 41.5 Å². The van der Waals surface area contributed by atoms with E-state index in [9.17, 15) is 0 Å². The maximum absolute atomic E-state index is 5.94. The zero-order valence-electron chi connectivity index (χ0n) is 11.7. The molecular weight excluding hydrogens is 238 g/mol. The molecule has 1 aromatic carbocycles. The predicted octanol–water partition coefficient (Wildman–Crippen LogP) is 1.96. The Hall–Kier alpha value is -1.88. The Balaban J connectivity index is 2.13. The Morgan fingerprint density at radius 1 is 1.21 bits per heavy atom. The second-order valence-corrected chi connectivity index (χ2v) is 5.08. The van der Waals surface area contributed by atoms with Crippen LogP contribution < -0.4 is 11.1 Å². The molecule has 0 saturated heterocycles. The van der Waals surface area contributed by atoms with Gasteiger partial charge in [-0.1, -0.05) is 12.1 Å². The van der Waals surface area contributed by atoms with Gasteiger partial charge in [0.05, 0.1) is 11.0 Å². The van der Waals surface area contributed by atoms with Crippen LogP contribution >= 0.6 is 0 Å². The number of fused-ring (bicyclic) bond motifs is 1. The van der Waals surface area contributed by atoms with E-state index in [1.807, 2.05) is 24.3 Å². The van der Waals surface area contributed by atoms with Crippen molar-refractivity contribution in [3.63, 3.8) is 0 Å². The average molecular weight is 259 g/mol. The number of hydrogen-bond acceptors (Lipinski definition) is 5. The Labute approximate surface area is 113 Å². The summed E-state index contributed by atoms with van der Waals surface area (Å²) in [6, 6.07) is 8.05. The molecule has 1 unspecified atom stereocenters. The van der Waals surface area contributed by atoms with Crippen LogP contribution in [0.15, 0.2) is 24.3 Å². The van der Waals surface area contributed by atoms with Crippen LogP contribution in [0, 0.1) is 0 Å². The molecule has 1 atom stereocenters. The first-order valence-electron chi connectivity index (χ1n) is 6.50. The molecule has 5 heteroatoms. The Morgan fingerprint density at radius 3 is 2.47 bits per heavy atom. The van der Waals surface area contributed by atoms with Crippen LogP contribution in [0.25, 0.3) is 11.0 Å². The molecule has 1 heterocycles. The van der Waals surface area contributed by atoms with Crippen molar-refractivity contribution >= 4 is 22.7 Å². The molecule has 2 aromatic rings. The number of nitrogen functional groups attached to an aromatic ring is 1. The lowest BCUT2D eigenvalue weighted by atomic mass is 10.2. The largest absolute Gasteiger partial charge is 0.381 e. The zero-order valence-corrected chi connectivity index (χ0v) is 11.7. The summed E-state index contributed by atoms with van der Waals surface area (Å²) in [5.41, 5.74) is 7.63.